The molecule has 2 aromatic rings. The van der Waals surface area contributed by atoms with Crippen LogP contribution in [0.25, 0.3) is 11.0 Å². The Balaban J connectivity index is 2.36. The van der Waals surface area contributed by atoms with Gasteiger partial charge in [-0.05, 0) is 18.1 Å². The van der Waals surface area contributed by atoms with Gasteiger partial charge < -0.3 is 4.74 Å². The third kappa shape index (κ3) is 2.39. The molecule has 5 nitrogen and oxygen atoms in total. The molecule has 2 rings (SSSR count). The second-order valence-corrected chi connectivity index (χ2v) is 4.51. The van der Waals surface area contributed by atoms with Crippen molar-refractivity contribution in [2.24, 2.45) is 5.92 Å². The first-order valence-corrected chi connectivity index (χ1v) is 5.63. The van der Waals surface area contributed by atoms with Crippen LogP contribution >= 0.6 is 11.6 Å². The molecule has 0 aliphatic carbocycles. The molecule has 17 heavy (non-hydrogen) atoms. The predicted octanol–water partition coefficient (Wildman–Crippen LogP) is 2.42. The number of ether oxygens (including phenoxy) is 1. The first-order valence-electron chi connectivity index (χ1n) is 5.25. The second kappa shape index (κ2) is 4.71. The zero-order valence-electron chi connectivity index (χ0n) is 9.53. The molecule has 0 unspecified atom stereocenters. The summed E-state index contributed by atoms with van der Waals surface area (Å²) in [5, 5.41) is 10.6. The number of carbonyl (C=O) groups is 1. The summed E-state index contributed by atoms with van der Waals surface area (Å²) in [7, 11) is 0. The van der Waals surface area contributed by atoms with Gasteiger partial charge in [0.25, 0.3) is 0 Å². The second-order valence-electron chi connectivity index (χ2n) is 4.11. The van der Waals surface area contributed by atoms with Crippen LogP contribution in [0.5, 0.6) is 0 Å². The number of hydrogen-bond acceptors (Lipinski definition) is 4. The van der Waals surface area contributed by atoms with Crippen molar-refractivity contribution in [1.29, 1.82) is 0 Å². The summed E-state index contributed by atoms with van der Waals surface area (Å²) in [6.07, 6.45) is 0. The summed E-state index contributed by atoms with van der Waals surface area (Å²) in [6.45, 7) is 4.28. The zero-order valence-corrected chi connectivity index (χ0v) is 10.3. The van der Waals surface area contributed by atoms with E-state index in [-0.39, 0.29) is 11.5 Å². The first-order chi connectivity index (χ1) is 8.09. The standard InChI is InChI=1S/C11H12ClN3O2/c1-6(2)5-17-11(16)9-7(12)3-4-8-10(9)14-15-13-8/h3-4,6H,5H2,1-2H3,(H,13,14,15). The van der Waals surface area contributed by atoms with Gasteiger partial charge in [0.05, 0.1) is 11.6 Å². The summed E-state index contributed by atoms with van der Waals surface area (Å²) in [5.74, 6) is -0.197. The molecule has 0 saturated carbocycles. The van der Waals surface area contributed by atoms with E-state index in [9.17, 15) is 4.79 Å². The molecule has 0 aliphatic rings. The topological polar surface area (TPSA) is 67.9 Å². The average Bonchev–Trinajstić information content (AvgIpc) is 2.73. The molecule has 6 heteroatoms. The van der Waals surface area contributed by atoms with E-state index in [0.717, 1.165) is 0 Å². The molecule has 0 fully saturated rings. The highest BCUT2D eigenvalue weighted by Crippen LogP contribution is 2.24. The molecule has 0 saturated heterocycles. The summed E-state index contributed by atoms with van der Waals surface area (Å²) < 4.78 is 5.14. The lowest BCUT2D eigenvalue weighted by Crippen LogP contribution is -2.11. The van der Waals surface area contributed by atoms with Gasteiger partial charge in [-0.3, -0.25) is 0 Å². The maximum atomic E-state index is 11.9. The molecule has 0 radical (unpaired) electrons. The predicted molar refractivity (Wildman–Crippen MR) is 64.0 cm³/mol. The fourth-order valence-corrected chi connectivity index (χ4v) is 1.63. The van der Waals surface area contributed by atoms with Crippen LogP contribution in [0.2, 0.25) is 5.02 Å². The van der Waals surface area contributed by atoms with Gasteiger partial charge in [0.15, 0.2) is 0 Å². The van der Waals surface area contributed by atoms with E-state index < -0.39 is 5.97 Å². The quantitative estimate of drug-likeness (QED) is 0.853. The van der Waals surface area contributed by atoms with Crippen molar-refractivity contribution in [1.82, 2.24) is 15.4 Å². The number of aromatic nitrogens is 3. The van der Waals surface area contributed by atoms with Crippen molar-refractivity contribution >= 4 is 28.6 Å². The highest BCUT2D eigenvalue weighted by atomic mass is 35.5. The van der Waals surface area contributed by atoms with Crippen LogP contribution in [0.15, 0.2) is 12.1 Å². The Kier molecular flexibility index (Phi) is 3.28. The molecule has 90 valence electrons. The van der Waals surface area contributed by atoms with Gasteiger partial charge >= 0.3 is 5.97 Å². The van der Waals surface area contributed by atoms with Gasteiger partial charge in [-0.2, -0.15) is 15.4 Å². The van der Waals surface area contributed by atoms with Gasteiger partial charge in [0, 0.05) is 0 Å². The van der Waals surface area contributed by atoms with Gasteiger partial charge in [-0.15, -0.1) is 0 Å². The number of rotatable bonds is 3. The Morgan fingerprint density at radius 2 is 2.24 bits per heavy atom. The van der Waals surface area contributed by atoms with Crippen LogP contribution in [-0.2, 0) is 4.74 Å². The number of halogens is 1. The highest BCUT2D eigenvalue weighted by Gasteiger charge is 2.18. The van der Waals surface area contributed by atoms with E-state index in [2.05, 4.69) is 15.4 Å². The van der Waals surface area contributed by atoms with Gasteiger partial charge in [0.1, 0.15) is 16.6 Å². The number of esters is 1. The Hall–Kier alpha value is -1.62. The zero-order chi connectivity index (χ0) is 12.4. The fraction of sp³-hybridized carbons (Fsp3) is 0.364. The van der Waals surface area contributed by atoms with Crippen LogP contribution in [0.4, 0.5) is 0 Å². The molecule has 1 aromatic heterocycles. The Bertz CT molecular complexity index is 551. The molecule has 1 aromatic carbocycles. The van der Waals surface area contributed by atoms with Crippen molar-refractivity contribution in [2.75, 3.05) is 6.61 Å². The SMILES string of the molecule is CC(C)COC(=O)c1c(Cl)ccc2n[nH]nc12. The maximum absolute atomic E-state index is 11.9. The van der Waals surface area contributed by atoms with Crippen LogP contribution < -0.4 is 0 Å². The number of hydrogen-bond donors (Lipinski definition) is 1. The third-order valence-electron chi connectivity index (χ3n) is 2.19. The maximum Gasteiger partial charge on any atom is 0.342 e. The van der Waals surface area contributed by atoms with E-state index in [4.69, 9.17) is 16.3 Å². The van der Waals surface area contributed by atoms with Gasteiger partial charge in [-0.25, -0.2) is 4.79 Å². The van der Waals surface area contributed by atoms with Gasteiger partial charge in [-0.1, -0.05) is 25.4 Å². The van der Waals surface area contributed by atoms with Gasteiger partial charge in [0.2, 0.25) is 0 Å². The van der Waals surface area contributed by atoms with Crippen molar-refractivity contribution in [3.63, 3.8) is 0 Å². The molecular formula is C11H12ClN3O2. The summed E-state index contributed by atoms with van der Waals surface area (Å²) in [4.78, 5) is 11.9. The normalized spacial score (nSPS) is 11.1. The number of benzene rings is 1. The fourth-order valence-electron chi connectivity index (χ4n) is 1.40. The van der Waals surface area contributed by atoms with Crippen molar-refractivity contribution in [2.45, 2.75) is 13.8 Å². The average molecular weight is 254 g/mol. The summed E-state index contributed by atoms with van der Waals surface area (Å²) >= 11 is 5.99. The van der Waals surface area contributed by atoms with Crippen molar-refractivity contribution in [3.05, 3.63) is 22.7 Å². The lowest BCUT2D eigenvalue weighted by atomic mass is 10.2. The monoisotopic (exact) mass is 253 g/mol. The summed E-state index contributed by atoms with van der Waals surface area (Å²) in [6, 6.07) is 3.30. The molecule has 0 bridgehead atoms. The molecule has 1 heterocycles. The first kappa shape index (κ1) is 11.9. The molecule has 1 N–H and O–H groups in total. The van der Waals surface area contributed by atoms with E-state index in [1.807, 2.05) is 13.8 Å². The number of H-pyrrole nitrogens is 1. The van der Waals surface area contributed by atoms with Crippen LogP contribution in [0, 0.1) is 5.92 Å². The van der Waals surface area contributed by atoms with E-state index in [1.165, 1.54) is 0 Å². The smallest absolute Gasteiger partial charge is 0.342 e. The third-order valence-corrected chi connectivity index (χ3v) is 2.50. The number of nitrogens with zero attached hydrogens (tertiary/aromatic N) is 2. The lowest BCUT2D eigenvalue weighted by Gasteiger charge is -2.08. The molecular weight excluding hydrogens is 242 g/mol. The van der Waals surface area contributed by atoms with Crippen LogP contribution in [0.1, 0.15) is 24.2 Å². The largest absolute Gasteiger partial charge is 0.462 e. The molecule has 0 amide bonds. The summed E-state index contributed by atoms with van der Waals surface area (Å²) in [5.41, 5.74) is 1.29. The van der Waals surface area contributed by atoms with Crippen LogP contribution in [-0.4, -0.2) is 28.0 Å². The number of aromatic amines is 1. The number of fused-ring (bicyclic) bond motifs is 1. The Morgan fingerprint density at radius 3 is 2.94 bits per heavy atom. The van der Waals surface area contributed by atoms with Crippen molar-refractivity contribution < 1.29 is 9.53 Å². The molecule has 0 atom stereocenters. The molecule has 0 aliphatic heterocycles. The number of carbonyl (C=O) groups excluding carboxylic acids is 1. The van der Waals surface area contributed by atoms with E-state index >= 15 is 0 Å². The molecule has 0 spiro atoms. The van der Waals surface area contributed by atoms with Crippen LogP contribution in [0.3, 0.4) is 0 Å². The minimum atomic E-state index is -0.469. The Labute approximate surface area is 103 Å². The number of nitrogens with one attached hydrogen (secondary N) is 1. The lowest BCUT2D eigenvalue weighted by molar-refractivity contribution is 0.0461. The minimum Gasteiger partial charge on any atom is -0.462 e. The minimum absolute atomic E-state index is 0.263. The van der Waals surface area contributed by atoms with E-state index in [1.54, 1.807) is 12.1 Å². The Morgan fingerprint density at radius 1 is 1.47 bits per heavy atom. The van der Waals surface area contributed by atoms with E-state index in [0.29, 0.717) is 22.7 Å². The highest BCUT2D eigenvalue weighted by molar-refractivity contribution is 6.35. The van der Waals surface area contributed by atoms with Crippen molar-refractivity contribution in [3.8, 4) is 0 Å².